The number of nitrogens with one attached hydrogen (secondary N) is 1. The summed E-state index contributed by atoms with van der Waals surface area (Å²) in [5, 5.41) is 3.62. The number of carbonyl (C=O) groups excluding carboxylic acids is 1. The van der Waals surface area contributed by atoms with Crippen LogP contribution in [0.1, 0.15) is 31.7 Å². The lowest BCUT2D eigenvalue weighted by Gasteiger charge is -2.04. The zero-order valence-corrected chi connectivity index (χ0v) is 10.4. The lowest BCUT2D eigenvalue weighted by molar-refractivity contribution is -0.121. The summed E-state index contributed by atoms with van der Waals surface area (Å²) in [6.07, 6.45) is 3.43. The summed E-state index contributed by atoms with van der Waals surface area (Å²) in [4.78, 5) is 11.4. The molecule has 0 aliphatic carbocycles. The van der Waals surface area contributed by atoms with Gasteiger partial charge in [0, 0.05) is 18.0 Å². The van der Waals surface area contributed by atoms with E-state index in [0.29, 0.717) is 6.42 Å². The summed E-state index contributed by atoms with van der Waals surface area (Å²) >= 11 is 5.86. The highest BCUT2D eigenvalue weighted by Gasteiger charge is 2.01. The molecule has 1 aromatic carbocycles. The van der Waals surface area contributed by atoms with Crippen LogP contribution in [0, 0.1) is 0 Å². The number of hydrogen-bond donors (Lipinski definition) is 1. The topological polar surface area (TPSA) is 29.1 Å². The van der Waals surface area contributed by atoms with Gasteiger partial charge in [0.15, 0.2) is 0 Å². The van der Waals surface area contributed by atoms with Gasteiger partial charge in [-0.2, -0.15) is 0 Å². The molecule has 0 unspecified atom stereocenters. The molecule has 16 heavy (non-hydrogen) atoms. The van der Waals surface area contributed by atoms with Crippen LogP contribution in [-0.4, -0.2) is 12.5 Å². The summed E-state index contributed by atoms with van der Waals surface area (Å²) in [7, 11) is 0. The Morgan fingerprint density at radius 3 is 2.94 bits per heavy atom. The van der Waals surface area contributed by atoms with E-state index < -0.39 is 0 Å². The zero-order valence-electron chi connectivity index (χ0n) is 9.63. The molecule has 0 aliphatic rings. The van der Waals surface area contributed by atoms with Crippen LogP contribution in [0.5, 0.6) is 0 Å². The van der Waals surface area contributed by atoms with Gasteiger partial charge in [-0.25, -0.2) is 0 Å². The van der Waals surface area contributed by atoms with E-state index in [1.165, 1.54) is 0 Å². The molecule has 1 amide bonds. The average Bonchev–Trinajstić information content (AvgIpc) is 2.27. The van der Waals surface area contributed by atoms with Crippen molar-refractivity contribution in [2.75, 3.05) is 6.54 Å². The summed E-state index contributed by atoms with van der Waals surface area (Å²) in [6, 6.07) is 7.64. The number of aryl methyl sites for hydroxylation is 1. The Bertz CT molecular complexity index is 338. The van der Waals surface area contributed by atoms with Gasteiger partial charge in [-0.1, -0.05) is 37.1 Å². The van der Waals surface area contributed by atoms with Gasteiger partial charge in [0.2, 0.25) is 5.91 Å². The predicted octanol–water partition coefficient (Wildman–Crippen LogP) is 3.19. The van der Waals surface area contributed by atoms with Crippen LogP contribution in [0.15, 0.2) is 24.3 Å². The van der Waals surface area contributed by atoms with E-state index >= 15 is 0 Å². The lowest BCUT2D eigenvalue weighted by atomic mass is 10.1. The number of unbranched alkanes of at least 4 members (excludes halogenated alkanes) is 1. The molecule has 1 aromatic rings. The van der Waals surface area contributed by atoms with Gasteiger partial charge >= 0.3 is 0 Å². The molecule has 0 radical (unpaired) electrons. The van der Waals surface area contributed by atoms with Crippen molar-refractivity contribution in [3.05, 3.63) is 34.9 Å². The van der Waals surface area contributed by atoms with Crippen molar-refractivity contribution in [3.63, 3.8) is 0 Å². The molecule has 1 N–H and O–H groups in total. The standard InChI is InChI=1S/C13H18ClNO/c1-2-3-9-15-13(16)8-7-11-5-4-6-12(14)10-11/h4-6,10H,2-3,7-9H2,1H3,(H,15,16). The van der Waals surface area contributed by atoms with Crippen LogP contribution < -0.4 is 5.32 Å². The molecule has 0 saturated heterocycles. The number of amides is 1. The van der Waals surface area contributed by atoms with Gasteiger partial charge in [-0.15, -0.1) is 0 Å². The molecule has 0 aliphatic heterocycles. The highest BCUT2D eigenvalue weighted by Crippen LogP contribution is 2.11. The first-order valence-electron chi connectivity index (χ1n) is 5.73. The first-order chi connectivity index (χ1) is 7.72. The number of benzene rings is 1. The Balaban J connectivity index is 2.26. The van der Waals surface area contributed by atoms with Crippen LogP contribution in [0.3, 0.4) is 0 Å². The molecular formula is C13H18ClNO. The minimum Gasteiger partial charge on any atom is -0.356 e. The van der Waals surface area contributed by atoms with E-state index in [1.807, 2.05) is 24.3 Å². The second kappa shape index (κ2) is 7.29. The molecule has 0 saturated carbocycles. The van der Waals surface area contributed by atoms with Crippen molar-refractivity contribution in [3.8, 4) is 0 Å². The summed E-state index contributed by atoms with van der Waals surface area (Å²) in [6.45, 7) is 2.89. The summed E-state index contributed by atoms with van der Waals surface area (Å²) in [5.41, 5.74) is 1.11. The lowest BCUT2D eigenvalue weighted by Crippen LogP contribution is -2.24. The van der Waals surface area contributed by atoms with E-state index in [-0.39, 0.29) is 5.91 Å². The van der Waals surface area contributed by atoms with Gasteiger partial charge in [0.05, 0.1) is 0 Å². The van der Waals surface area contributed by atoms with Gasteiger partial charge in [0.1, 0.15) is 0 Å². The second-order valence-corrected chi connectivity index (χ2v) is 4.27. The fourth-order valence-electron chi connectivity index (χ4n) is 1.44. The summed E-state index contributed by atoms with van der Waals surface area (Å²) in [5.74, 6) is 0.119. The van der Waals surface area contributed by atoms with Crippen molar-refractivity contribution in [1.29, 1.82) is 0 Å². The van der Waals surface area contributed by atoms with Crippen LogP contribution in [0.4, 0.5) is 0 Å². The third-order valence-corrected chi connectivity index (χ3v) is 2.62. The van der Waals surface area contributed by atoms with E-state index in [9.17, 15) is 4.79 Å². The SMILES string of the molecule is CCCCNC(=O)CCc1cccc(Cl)c1. The van der Waals surface area contributed by atoms with Crippen molar-refractivity contribution < 1.29 is 4.79 Å². The Hall–Kier alpha value is -1.02. The quantitative estimate of drug-likeness (QED) is 0.759. The van der Waals surface area contributed by atoms with Crippen LogP contribution in [0.2, 0.25) is 5.02 Å². The molecule has 0 bridgehead atoms. The largest absolute Gasteiger partial charge is 0.356 e. The highest BCUT2D eigenvalue weighted by molar-refractivity contribution is 6.30. The van der Waals surface area contributed by atoms with Crippen molar-refractivity contribution in [2.24, 2.45) is 0 Å². The third-order valence-electron chi connectivity index (χ3n) is 2.38. The minimum atomic E-state index is 0.119. The van der Waals surface area contributed by atoms with E-state index in [4.69, 9.17) is 11.6 Å². The maximum absolute atomic E-state index is 11.4. The molecule has 0 fully saturated rings. The van der Waals surface area contributed by atoms with Crippen molar-refractivity contribution >= 4 is 17.5 Å². The number of hydrogen-bond acceptors (Lipinski definition) is 1. The van der Waals surface area contributed by atoms with E-state index in [2.05, 4.69) is 12.2 Å². The maximum Gasteiger partial charge on any atom is 0.220 e. The molecule has 3 heteroatoms. The molecule has 0 atom stereocenters. The maximum atomic E-state index is 11.4. The monoisotopic (exact) mass is 239 g/mol. The molecule has 88 valence electrons. The second-order valence-electron chi connectivity index (χ2n) is 3.83. The normalized spacial score (nSPS) is 10.1. The van der Waals surface area contributed by atoms with Crippen LogP contribution in [-0.2, 0) is 11.2 Å². The molecule has 1 rings (SSSR count). The zero-order chi connectivity index (χ0) is 11.8. The van der Waals surface area contributed by atoms with Gasteiger partial charge < -0.3 is 5.32 Å². The molecule has 0 heterocycles. The van der Waals surface area contributed by atoms with Crippen molar-refractivity contribution in [2.45, 2.75) is 32.6 Å². The third kappa shape index (κ3) is 5.17. The number of halogens is 1. The fourth-order valence-corrected chi connectivity index (χ4v) is 1.66. The Morgan fingerprint density at radius 1 is 1.44 bits per heavy atom. The molecular weight excluding hydrogens is 222 g/mol. The van der Waals surface area contributed by atoms with Crippen LogP contribution >= 0.6 is 11.6 Å². The van der Waals surface area contributed by atoms with E-state index in [0.717, 1.165) is 36.4 Å². The first kappa shape index (κ1) is 13.0. The van der Waals surface area contributed by atoms with Crippen LogP contribution in [0.25, 0.3) is 0 Å². The predicted molar refractivity (Wildman–Crippen MR) is 67.7 cm³/mol. The molecule has 0 spiro atoms. The van der Waals surface area contributed by atoms with Gasteiger partial charge in [-0.05, 0) is 30.5 Å². The Labute approximate surface area is 102 Å². The number of rotatable bonds is 6. The van der Waals surface area contributed by atoms with Crippen molar-refractivity contribution in [1.82, 2.24) is 5.32 Å². The first-order valence-corrected chi connectivity index (χ1v) is 6.11. The Morgan fingerprint density at radius 2 is 2.25 bits per heavy atom. The summed E-state index contributed by atoms with van der Waals surface area (Å²) < 4.78 is 0. The average molecular weight is 240 g/mol. The Kier molecular flexibility index (Phi) is 5.94. The molecule has 2 nitrogen and oxygen atoms in total. The smallest absolute Gasteiger partial charge is 0.220 e. The molecule has 0 aromatic heterocycles. The highest BCUT2D eigenvalue weighted by atomic mass is 35.5. The van der Waals surface area contributed by atoms with Gasteiger partial charge in [0.25, 0.3) is 0 Å². The minimum absolute atomic E-state index is 0.119. The fraction of sp³-hybridized carbons (Fsp3) is 0.462. The van der Waals surface area contributed by atoms with E-state index in [1.54, 1.807) is 0 Å². The number of carbonyl (C=O) groups is 1. The van der Waals surface area contributed by atoms with Gasteiger partial charge in [-0.3, -0.25) is 4.79 Å².